The molecule has 0 saturated carbocycles. The first-order valence-corrected chi connectivity index (χ1v) is 24.6. The molecule has 0 aliphatic carbocycles. The van der Waals surface area contributed by atoms with Gasteiger partial charge in [0.25, 0.3) is 0 Å². The molecule has 0 saturated heterocycles. The molecule has 3 aromatic rings. The maximum absolute atomic E-state index is 13.4. The summed E-state index contributed by atoms with van der Waals surface area (Å²) in [7, 11) is -12.0. The summed E-state index contributed by atoms with van der Waals surface area (Å²) >= 11 is -7.58. The molecular weight excluding hydrogens is 924 g/mol. The Morgan fingerprint density at radius 1 is 0.490 bits per heavy atom. The summed E-state index contributed by atoms with van der Waals surface area (Å²) in [6.45, 7) is 2.20. The van der Waals surface area contributed by atoms with Gasteiger partial charge in [0.1, 0.15) is 0 Å². The number of rotatable bonds is 20. The first-order chi connectivity index (χ1) is 23.1. The van der Waals surface area contributed by atoms with Gasteiger partial charge in [-0.3, -0.25) is 0 Å². The maximum atomic E-state index is 13.4. The first-order valence-electron chi connectivity index (χ1n) is 15.7. The zero-order chi connectivity index (χ0) is 36.1. The Bertz CT molecular complexity index is 1640. The van der Waals surface area contributed by atoms with Crippen molar-refractivity contribution in [2.45, 2.75) is 95.0 Å². The van der Waals surface area contributed by atoms with Crippen LogP contribution in [0, 0.1) is 14.3 Å². The number of alkyl halides is 6. The molecule has 0 fully saturated rings. The first kappa shape index (κ1) is 41.9. The molecule has 0 radical (unpaired) electrons. The molecule has 0 aliphatic heterocycles. The second-order valence-corrected chi connectivity index (χ2v) is 24.0. The van der Waals surface area contributed by atoms with E-state index in [1.807, 2.05) is 0 Å². The predicted octanol–water partition coefficient (Wildman–Crippen LogP) is 11.2. The van der Waals surface area contributed by atoms with E-state index in [9.17, 15) is 43.2 Å². The van der Waals surface area contributed by atoms with Crippen LogP contribution in [0.4, 0.5) is 26.3 Å². The standard InChI is InChI=1S/C33H40F6I2O6S2/c1-2-3-4-5-6-7-8-9-10-11-13-16-27-19-21-29(22-20-27)41(47-49(44,45)33(37,38)39)31-25-23-30(24-26-31)40(28-17-14-12-15-18-28)46-48(42,43)32(34,35)36/h12,14-15,17-26H,2-11,13,16H2,1H3. The van der Waals surface area contributed by atoms with Crippen molar-refractivity contribution in [2.24, 2.45) is 0 Å². The second kappa shape index (κ2) is 19.4. The normalized spacial score (nSPS) is 13.4. The van der Waals surface area contributed by atoms with Crippen LogP contribution in [0.3, 0.4) is 0 Å². The van der Waals surface area contributed by atoms with Crippen molar-refractivity contribution < 1.29 is 48.2 Å². The Hall–Kier alpha value is -1.48. The summed E-state index contributed by atoms with van der Waals surface area (Å²) in [5, 5.41) is 0. The fraction of sp³-hybridized carbons (Fsp3) is 0.455. The predicted molar refractivity (Wildman–Crippen MR) is 194 cm³/mol. The quantitative estimate of drug-likeness (QED) is 0.0485. The number of halogens is 8. The summed E-state index contributed by atoms with van der Waals surface area (Å²) in [6, 6.07) is 18.9. The van der Waals surface area contributed by atoms with Crippen LogP contribution in [0.15, 0.2) is 78.9 Å². The van der Waals surface area contributed by atoms with E-state index in [0.717, 1.165) is 31.2 Å². The van der Waals surface area contributed by atoms with Gasteiger partial charge in [0.05, 0.1) is 0 Å². The van der Waals surface area contributed by atoms with Gasteiger partial charge in [0.2, 0.25) is 0 Å². The topological polar surface area (TPSA) is 86.7 Å². The monoisotopic (exact) mass is 964 g/mol. The van der Waals surface area contributed by atoms with Gasteiger partial charge < -0.3 is 0 Å². The van der Waals surface area contributed by atoms with Crippen LogP contribution in [0.2, 0.25) is 0 Å². The van der Waals surface area contributed by atoms with E-state index in [2.05, 4.69) is 6.92 Å². The molecule has 0 heterocycles. The molecule has 49 heavy (non-hydrogen) atoms. The van der Waals surface area contributed by atoms with Crippen LogP contribution < -0.4 is 0 Å². The van der Waals surface area contributed by atoms with E-state index in [4.69, 9.17) is 5.03 Å². The van der Waals surface area contributed by atoms with Crippen molar-refractivity contribution in [2.75, 3.05) is 0 Å². The van der Waals surface area contributed by atoms with Gasteiger partial charge in [-0.1, -0.05) is 32.6 Å². The van der Waals surface area contributed by atoms with E-state index in [1.165, 1.54) is 99.9 Å². The molecule has 3 rings (SSSR count). The summed E-state index contributed by atoms with van der Waals surface area (Å²) in [5.41, 5.74) is -10.4. The van der Waals surface area contributed by atoms with Crippen molar-refractivity contribution in [3.63, 3.8) is 0 Å². The van der Waals surface area contributed by atoms with Gasteiger partial charge >= 0.3 is 270 Å². The molecule has 0 atom stereocenters. The SMILES string of the molecule is CCCCCCCCCCCCCc1ccc(I(OS(=O)(=O)C(F)(F)F)c2ccc(I(OS(=O)(=O)C(F)(F)F)c3ccccc3)cc2)cc1. The van der Waals surface area contributed by atoms with E-state index in [-0.39, 0.29) is 14.3 Å². The van der Waals surface area contributed by atoms with Gasteiger partial charge in [-0.25, -0.2) is 0 Å². The summed E-state index contributed by atoms with van der Waals surface area (Å²) in [4.78, 5) is 0. The number of unbranched alkanes of at least 4 members (excludes halogenated alkanes) is 10. The second-order valence-electron chi connectivity index (χ2n) is 11.1. The molecule has 276 valence electrons. The molecule has 0 aromatic heterocycles. The third-order valence-corrected chi connectivity index (χ3v) is 21.3. The van der Waals surface area contributed by atoms with Crippen molar-refractivity contribution in [3.8, 4) is 0 Å². The summed E-state index contributed by atoms with van der Waals surface area (Å²) in [5.74, 6) is 0. The van der Waals surface area contributed by atoms with Crippen molar-refractivity contribution in [3.05, 3.63) is 98.7 Å². The molecule has 6 nitrogen and oxygen atoms in total. The van der Waals surface area contributed by atoms with Gasteiger partial charge in [-0.15, -0.1) is 0 Å². The average molecular weight is 965 g/mol. The number of aryl methyl sites for hydroxylation is 1. The Balaban J connectivity index is 1.76. The minimum atomic E-state index is -6.00. The van der Waals surface area contributed by atoms with Gasteiger partial charge in [0.15, 0.2) is 0 Å². The average Bonchev–Trinajstić information content (AvgIpc) is 3.05. The van der Waals surface area contributed by atoms with Crippen molar-refractivity contribution >= 4 is 60.7 Å². The number of benzene rings is 3. The van der Waals surface area contributed by atoms with Gasteiger partial charge in [-0.2, -0.15) is 0 Å². The molecule has 0 N–H and O–H groups in total. The van der Waals surface area contributed by atoms with Crippen LogP contribution in [-0.2, 0) is 31.7 Å². The van der Waals surface area contributed by atoms with E-state index < -0.39 is 71.7 Å². The molecule has 0 spiro atoms. The van der Waals surface area contributed by atoms with E-state index in [0.29, 0.717) is 0 Å². The molecule has 0 bridgehead atoms. The molecule has 3 aromatic carbocycles. The fourth-order valence-electron chi connectivity index (χ4n) is 4.58. The minimum absolute atomic E-state index is 0.0868. The summed E-state index contributed by atoms with van der Waals surface area (Å²) in [6.07, 6.45) is 13.8. The van der Waals surface area contributed by atoms with Gasteiger partial charge in [-0.05, 0) is 0 Å². The Morgan fingerprint density at radius 2 is 0.816 bits per heavy atom. The van der Waals surface area contributed by atoms with E-state index in [1.54, 1.807) is 30.3 Å². The Kier molecular flexibility index (Phi) is 16.6. The zero-order valence-corrected chi connectivity index (χ0v) is 32.7. The molecule has 0 unspecified atom stereocenters. The third-order valence-electron chi connectivity index (χ3n) is 7.17. The third kappa shape index (κ3) is 13.2. The van der Waals surface area contributed by atoms with Crippen LogP contribution in [0.1, 0.15) is 83.1 Å². The van der Waals surface area contributed by atoms with Crippen molar-refractivity contribution in [1.82, 2.24) is 0 Å². The van der Waals surface area contributed by atoms with Crippen LogP contribution in [0.25, 0.3) is 0 Å². The number of hydrogen-bond acceptors (Lipinski definition) is 6. The summed E-state index contributed by atoms with van der Waals surface area (Å²) < 4.78 is 138. The molecule has 0 amide bonds. The Morgan fingerprint density at radius 3 is 1.18 bits per heavy atom. The molecular formula is C33H40F6I2O6S2. The zero-order valence-electron chi connectivity index (χ0n) is 26.8. The number of hydrogen-bond donors (Lipinski definition) is 0. The van der Waals surface area contributed by atoms with Crippen molar-refractivity contribution in [1.29, 1.82) is 0 Å². The van der Waals surface area contributed by atoms with E-state index >= 15 is 0 Å². The fourth-order valence-corrected chi connectivity index (χ4v) is 17.4. The molecule has 0 aliphatic rings. The van der Waals surface area contributed by atoms with Crippen LogP contribution in [-0.4, -0.2) is 27.9 Å². The Labute approximate surface area is 300 Å². The van der Waals surface area contributed by atoms with Crippen LogP contribution >= 0.6 is 40.5 Å². The van der Waals surface area contributed by atoms with Gasteiger partial charge in [0, 0.05) is 0 Å². The van der Waals surface area contributed by atoms with Crippen LogP contribution in [0.5, 0.6) is 0 Å². The molecule has 16 heteroatoms.